The molecule has 0 unspecified atom stereocenters. The lowest BCUT2D eigenvalue weighted by Crippen LogP contribution is -2.45. The average Bonchev–Trinajstić information content (AvgIpc) is 2.37. The van der Waals surface area contributed by atoms with Crippen molar-refractivity contribution in [3.8, 4) is 0 Å². The average molecular weight is 313 g/mol. The van der Waals surface area contributed by atoms with E-state index in [1.54, 1.807) is 38.1 Å². The van der Waals surface area contributed by atoms with Crippen molar-refractivity contribution in [3.63, 3.8) is 0 Å². The fourth-order valence-corrected chi connectivity index (χ4v) is 1.76. The summed E-state index contributed by atoms with van der Waals surface area (Å²) in [5.41, 5.74) is 5.59. The Kier molecular flexibility index (Phi) is 6.17. The molecule has 0 spiro atoms. The molecular weight excluding hydrogens is 296 g/mol. The number of esters is 1. The molecular formula is C14H17ClN2O4. The lowest BCUT2D eigenvalue weighted by atomic mass is 10.1. The molecule has 7 heteroatoms. The molecule has 0 aromatic heterocycles. The minimum Gasteiger partial charge on any atom is -0.452 e. The summed E-state index contributed by atoms with van der Waals surface area (Å²) in [7, 11) is 0. The first-order valence-electron chi connectivity index (χ1n) is 6.34. The van der Waals surface area contributed by atoms with Gasteiger partial charge in [0.1, 0.15) is 0 Å². The largest absolute Gasteiger partial charge is 0.452 e. The van der Waals surface area contributed by atoms with E-state index in [1.165, 1.54) is 0 Å². The number of carbonyl (C=O) groups is 3. The maximum absolute atomic E-state index is 11.9. The molecule has 3 amide bonds. The predicted molar refractivity (Wildman–Crippen MR) is 77.6 cm³/mol. The number of hydrogen-bond donors (Lipinski definition) is 2. The lowest BCUT2D eigenvalue weighted by molar-refractivity contribution is -0.157. The zero-order chi connectivity index (χ0) is 16.0. The van der Waals surface area contributed by atoms with E-state index in [2.05, 4.69) is 0 Å². The van der Waals surface area contributed by atoms with Crippen molar-refractivity contribution < 1.29 is 19.1 Å². The molecule has 0 saturated heterocycles. The molecule has 114 valence electrons. The molecule has 6 nitrogen and oxygen atoms in total. The van der Waals surface area contributed by atoms with Crippen LogP contribution in [0.25, 0.3) is 0 Å². The summed E-state index contributed by atoms with van der Waals surface area (Å²) in [6.45, 7) is 3.39. The molecule has 0 saturated carbocycles. The van der Waals surface area contributed by atoms with Crippen LogP contribution in [0.5, 0.6) is 0 Å². The summed E-state index contributed by atoms with van der Waals surface area (Å²) in [4.78, 5) is 34.3. The molecule has 0 radical (unpaired) electrons. The number of urea groups is 1. The Balaban J connectivity index is 2.66. The summed E-state index contributed by atoms with van der Waals surface area (Å²) in [6, 6.07) is 5.71. The number of imide groups is 1. The lowest BCUT2D eigenvalue weighted by Gasteiger charge is -2.19. The van der Waals surface area contributed by atoms with Crippen molar-refractivity contribution in [1.82, 2.24) is 5.32 Å². The first kappa shape index (κ1) is 17.0. The van der Waals surface area contributed by atoms with Gasteiger partial charge in [0.25, 0.3) is 5.91 Å². The van der Waals surface area contributed by atoms with Crippen molar-refractivity contribution in [2.45, 2.75) is 26.4 Å². The third-order valence-electron chi connectivity index (χ3n) is 2.63. The van der Waals surface area contributed by atoms with E-state index in [0.717, 1.165) is 0 Å². The fraction of sp³-hybridized carbons (Fsp3) is 0.357. The molecule has 0 aliphatic heterocycles. The summed E-state index contributed by atoms with van der Waals surface area (Å²) >= 11 is 5.75. The number of benzene rings is 1. The number of rotatable bonds is 5. The molecule has 0 aliphatic carbocycles. The highest BCUT2D eigenvalue weighted by Crippen LogP contribution is 2.12. The molecule has 1 rings (SSSR count). The molecule has 0 aliphatic rings. The highest BCUT2D eigenvalue weighted by Gasteiger charge is 2.27. The smallest absolute Gasteiger partial charge is 0.318 e. The van der Waals surface area contributed by atoms with Gasteiger partial charge in [0, 0.05) is 5.02 Å². The predicted octanol–water partition coefficient (Wildman–Crippen LogP) is 1.65. The molecule has 0 fully saturated rings. The fourth-order valence-electron chi connectivity index (χ4n) is 1.64. The Bertz CT molecular complexity index is 528. The van der Waals surface area contributed by atoms with Crippen LogP contribution < -0.4 is 11.1 Å². The first-order valence-corrected chi connectivity index (χ1v) is 6.71. The zero-order valence-corrected chi connectivity index (χ0v) is 12.5. The summed E-state index contributed by atoms with van der Waals surface area (Å²) in [5.74, 6) is -1.60. The number of ether oxygens (including phenoxy) is 1. The second kappa shape index (κ2) is 7.64. The molecule has 1 aromatic carbocycles. The van der Waals surface area contributed by atoms with Crippen LogP contribution in [0.15, 0.2) is 24.3 Å². The number of halogens is 1. The van der Waals surface area contributed by atoms with E-state index in [1.807, 2.05) is 5.32 Å². The molecule has 0 heterocycles. The normalized spacial score (nSPS) is 11.8. The van der Waals surface area contributed by atoms with Crippen LogP contribution in [-0.4, -0.2) is 24.0 Å². The van der Waals surface area contributed by atoms with Crippen LogP contribution >= 0.6 is 11.6 Å². The highest BCUT2D eigenvalue weighted by molar-refractivity contribution is 6.30. The second-order valence-electron chi connectivity index (χ2n) is 4.81. The van der Waals surface area contributed by atoms with Gasteiger partial charge in [0.05, 0.1) is 6.42 Å². The highest BCUT2D eigenvalue weighted by atomic mass is 35.5. The third kappa shape index (κ3) is 5.83. The van der Waals surface area contributed by atoms with Crippen LogP contribution in [0.4, 0.5) is 4.79 Å². The van der Waals surface area contributed by atoms with E-state index >= 15 is 0 Å². The van der Waals surface area contributed by atoms with Gasteiger partial charge in [-0.15, -0.1) is 0 Å². The number of hydrogen-bond acceptors (Lipinski definition) is 4. The van der Waals surface area contributed by atoms with Gasteiger partial charge in [-0.3, -0.25) is 14.9 Å². The molecule has 0 bridgehead atoms. The maximum atomic E-state index is 11.9. The standard InChI is InChI=1S/C14H17ClN2O4/c1-8(2)12(13(19)17-14(16)20)21-11(18)7-9-3-5-10(15)6-4-9/h3-6,8,12H,7H2,1-2H3,(H3,16,17,19,20)/t12-/m1/s1. The van der Waals surface area contributed by atoms with Gasteiger partial charge in [-0.05, 0) is 23.6 Å². The van der Waals surface area contributed by atoms with Crippen molar-refractivity contribution in [1.29, 1.82) is 0 Å². The van der Waals surface area contributed by atoms with Gasteiger partial charge in [0.15, 0.2) is 6.10 Å². The second-order valence-corrected chi connectivity index (χ2v) is 5.25. The Morgan fingerprint density at radius 3 is 2.29 bits per heavy atom. The van der Waals surface area contributed by atoms with E-state index in [4.69, 9.17) is 22.1 Å². The van der Waals surface area contributed by atoms with E-state index in [9.17, 15) is 14.4 Å². The SMILES string of the molecule is CC(C)[C@@H](OC(=O)Cc1ccc(Cl)cc1)C(=O)NC(N)=O. The van der Waals surface area contributed by atoms with E-state index in [-0.39, 0.29) is 12.3 Å². The minimum atomic E-state index is -1.07. The number of carbonyl (C=O) groups excluding carboxylic acids is 3. The van der Waals surface area contributed by atoms with Crippen molar-refractivity contribution in [2.75, 3.05) is 0 Å². The molecule has 21 heavy (non-hydrogen) atoms. The van der Waals surface area contributed by atoms with Crippen molar-refractivity contribution >= 4 is 29.5 Å². The van der Waals surface area contributed by atoms with Gasteiger partial charge in [-0.1, -0.05) is 37.6 Å². The number of amides is 3. The Morgan fingerprint density at radius 1 is 1.24 bits per heavy atom. The Hall–Kier alpha value is -2.08. The van der Waals surface area contributed by atoms with E-state index < -0.39 is 24.0 Å². The van der Waals surface area contributed by atoms with Crippen LogP contribution in [0.1, 0.15) is 19.4 Å². The molecule has 3 N–H and O–H groups in total. The number of nitrogens with two attached hydrogens (primary N) is 1. The summed E-state index contributed by atoms with van der Waals surface area (Å²) in [5, 5.41) is 2.47. The minimum absolute atomic E-state index is 0.00421. The van der Waals surface area contributed by atoms with Crippen LogP contribution in [0, 0.1) is 5.92 Å². The van der Waals surface area contributed by atoms with Crippen LogP contribution in [-0.2, 0) is 20.7 Å². The number of nitrogens with one attached hydrogen (secondary N) is 1. The van der Waals surface area contributed by atoms with Crippen LogP contribution in [0.3, 0.4) is 0 Å². The number of primary amides is 1. The first-order chi connectivity index (χ1) is 9.79. The van der Waals surface area contributed by atoms with Gasteiger partial charge in [-0.2, -0.15) is 0 Å². The van der Waals surface area contributed by atoms with Crippen molar-refractivity contribution in [3.05, 3.63) is 34.9 Å². The summed E-state index contributed by atoms with van der Waals surface area (Å²) in [6.07, 6.45) is -1.07. The topological polar surface area (TPSA) is 98.5 Å². The van der Waals surface area contributed by atoms with Gasteiger partial charge < -0.3 is 10.5 Å². The Morgan fingerprint density at radius 2 is 1.81 bits per heavy atom. The van der Waals surface area contributed by atoms with Crippen molar-refractivity contribution in [2.24, 2.45) is 11.7 Å². The van der Waals surface area contributed by atoms with Gasteiger partial charge in [-0.25, -0.2) is 4.79 Å². The third-order valence-corrected chi connectivity index (χ3v) is 2.88. The monoisotopic (exact) mass is 312 g/mol. The molecule has 1 atom stereocenters. The zero-order valence-electron chi connectivity index (χ0n) is 11.8. The van der Waals surface area contributed by atoms with Gasteiger partial charge >= 0.3 is 12.0 Å². The quantitative estimate of drug-likeness (QED) is 0.807. The van der Waals surface area contributed by atoms with Crippen LogP contribution in [0.2, 0.25) is 5.02 Å². The van der Waals surface area contributed by atoms with E-state index in [0.29, 0.717) is 10.6 Å². The maximum Gasteiger partial charge on any atom is 0.318 e. The molecule has 1 aromatic rings. The van der Waals surface area contributed by atoms with Gasteiger partial charge in [0.2, 0.25) is 0 Å². The Labute approximate surface area is 127 Å². The summed E-state index contributed by atoms with van der Waals surface area (Å²) < 4.78 is 5.12.